The summed E-state index contributed by atoms with van der Waals surface area (Å²) < 4.78 is 0.995. The van der Waals surface area contributed by atoms with E-state index in [2.05, 4.69) is 26.2 Å². The molecule has 2 aromatic carbocycles. The Morgan fingerprint density at radius 1 is 1.11 bits per heavy atom. The standard InChI is InChI=1S/C19H16BrCl2N3OS/c1-19(2)24-17(11-3-5-12(20)6-4-11)18(25-19)27-10-16(26)23-15-8-13(21)7-14(22)9-15/h3-9H,10H2,1-2H3,(H,23,26). The van der Waals surface area contributed by atoms with Gasteiger partial charge in [-0.15, -0.1) is 0 Å². The zero-order valence-electron chi connectivity index (χ0n) is 14.6. The van der Waals surface area contributed by atoms with Crippen molar-refractivity contribution in [1.82, 2.24) is 0 Å². The van der Waals surface area contributed by atoms with E-state index >= 15 is 0 Å². The lowest BCUT2D eigenvalue weighted by Gasteiger charge is -2.08. The van der Waals surface area contributed by atoms with Crippen LogP contribution in [-0.2, 0) is 4.79 Å². The van der Waals surface area contributed by atoms with E-state index in [-0.39, 0.29) is 11.7 Å². The third-order valence-electron chi connectivity index (χ3n) is 3.57. The SMILES string of the molecule is CC1(C)N=C(SCC(=O)Nc2cc(Cl)cc(Cl)c2)C(c2ccc(Br)cc2)=N1. The lowest BCUT2D eigenvalue weighted by molar-refractivity contribution is -0.113. The second-order valence-electron chi connectivity index (χ2n) is 6.37. The minimum absolute atomic E-state index is 0.166. The van der Waals surface area contributed by atoms with Gasteiger partial charge in [-0.3, -0.25) is 9.79 Å². The predicted molar refractivity (Wildman–Crippen MR) is 120 cm³/mol. The van der Waals surface area contributed by atoms with Crippen LogP contribution in [0.4, 0.5) is 5.69 Å². The van der Waals surface area contributed by atoms with Gasteiger partial charge in [0.15, 0.2) is 0 Å². The maximum absolute atomic E-state index is 12.3. The first-order valence-electron chi connectivity index (χ1n) is 8.07. The van der Waals surface area contributed by atoms with Crippen LogP contribution in [0.25, 0.3) is 0 Å². The summed E-state index contributed by atoms with van der Waals surface area (Å²) in [6.45, 7) is 3.88. The normalized spacial score (nSPS) is 15.3. The number of nitrogens with one attached hydrogen (secondary N) is 1. The van der Waals surface area contributed by atoms with Crippen molar-refractivity contribution in [3.63, 3.8) is 0 Å². The molecular weight excluding hydrogens is 469 g/mol. The second kappa shape index (κ2) is 8.35. The summed E-state index contributed by atoms with van der Waals surface area (Å²) in [5.74, 6) is 0.0371. The summed E-state index contributed by atoms with van der Waals surface area (Å²) in [6.07, 6.45) is 0. The Morgan fingerprint density at radius 2 is 1.74 bits per heavy atom. The van der Waals surface area contributed by atoms with Crippen molar-refractivity contribution in [3.05, 3.63) is 62.5 Å². The van der Waals surface area contributed by atoms with E-state index in [4.69, 9.17) is 28.2 Å². The van der Waals surface area contributed by atoms with Gasteiger partial charge in [-0.1, -0.05) is 63.0 Å². The van der Waals surface area contributed by atoms with Crippen molar-refractivity contribution in [2.45, 2.75) is 19.5 Å². The number of carbonyl (C=O) groups excluding carboxylic acids is 1. The third-order valence-corrected chi connectivity index (χ3v) is 5.50. The number of aliphatic imine (C=N–C) groups is 2. The van der Waals surface area contributed by atoms with Crippen LogP contribution in [0.5, 0.6) is 0 Å². The Bertz CT molecular complexity index is 922. The van der Waals surface area contributed by atoms with Gasteiger partial charge >= 0.3 is 0 Å². The number of amides is 1. The number of anilines is 1. The fourth-order valence-corrected chi connectivity index (χ4v) is 4.22. The summed E-state index contributed by atoms with van der Waals surface area (Å²) in [5, 5.41) is 4.49. The molecule has 27 heavy (non-hydrogen) atoms. The van der Waals surface area contributed by atoms with Gasteiger partial charge in [0.1, 0.15) is 10.7 Å². The van der Waals surface area contributed by atoms with Crippen LogP contribution in [0.15, 0.2) is 56.9 Å². The van der Waals surface area contributed by atoms with Crippen molar-refractivity contribution < 1.29 is 4.79 Å². The largest absolute Gasteiger partial charge is 0.325 e. The summed E-state index contributed by atoms with van der Waals surface area (Å²) in [5.41, 5.74) is 1.79. The van der Waals surface area contributed by atoms with Crippen molar-refractivity contribution in [2.24, 2.45) is 9.98 Å². The Morgan fingerprint density at radius 3 is 2.37 bits per heavy atom. The molecule has 1 amide bonds. The summed E-state index contributed by atoms with van der Waals surface area (Å²) >= 11 is 16.7. The van der Waals surface area contributed by atoms with Gasteiger partial charge in [-0.2, -0.15) is 0 Å². The highest BCUT2D eigenvalue weighted by molar-refractivity contribution is 9.10. The molecule has 0 atom stereocenters. The molecule has 1 heterocycles. The fourth-order valence-electron chi connectivity index (χ4n) is 2.50. The number of thioether (sulfide) groups is 1. The number of nitrogens with zero attached hydrogens (tertiary/aromatic N) is 2. The van der Waals surface area contributed by atoms with Crippen molar-refractivity contribution in [2.75, 3.05) is 11.1 Å². The highest BCUT2D eigenvalue weighted by Crippen LogP contribution is 2.28. The number of hydrogen-bond acceptors (Lipinski definition) is 4. The average molecular weight is 485 g/mol. The fraction of sp³-hybridized carbons (Fsp3) is 0.211. The molecule has 1 aliphatic rings. The summed E-state index contributed by atoms with van der Waals surface area (Å²) in [6, 6.07) is 12.8. The van der Waals surface area contributed by atoms with Crippen LogP contribution in [-0.4, -0.2) is 28.1 Å². The summed E-state index contributed by atoms with van der Waals surface area (Å²) in [7, 11) is 0. The van der Waals surface area contributed by atoms with E-state index in [9.17, 15) is 4.79 Å². The minimum atomic E-state index is -0.540. The molecule has 2 aromatic rings. The van der Waals surface area contributed by atoms with Crippen LogP contribution in [0.2, 0.25) is 10.0 Å². The van der Waals surface area contributed by atoms with Gasteiger partial charge in [0.05, 0.1) is 11.5 Å². The monoisotopic (exact) mass is 483 g/mol. The molecule has 4 nitrogen and oxygen atoms in total. The molecule has 0 fully saturated rings. The van der Waals surface area contributed by atoms with Crippen molar-refractivity contribution in [3.8, 4) is 0 Å². The molecule has 0 saturated heterocycles. The lowest BCUT2D eigenvalue weighted by Crippen LogP contribution is -2.17. The quantitative estimate of drug-likeness (QED) is 0.572. The van der Waals surface area contributed by atoms with E-state index in [1.54, 1.807) is 18.2 Å². The summed E-state index contributed by atoms with van der Waals surface area (Å²) in [4.78, 5) is 21.7. The number of halogens is 3. The van der Waals surface area contributed by atoms with Crippen LogP contribution in [0.1, 0.15) is 19.4 Å². The van der Waals surface area contributed by atoms with Gasteiger partial charge in [0.25, 0.3) is 0 Å². The Hall–Kier alpha value is -1.34. The Kier molecular flexibility index (Phi) is 6.31. The van der Waals surface area contributed by atoms with E-state index in [0.717, 1.165) is 20.8 Å². The van der Waals surface area contributed by atoms with Gasteiger partial charge in [0.2, 0.25) is 5.91 Å². The van der Waals surface area contributed by atoms with Crippen LogP contribution in [0, 0.1) is 0 Å². The van der Waals surface area contributed by atoms with Crippen LogP contribution in [0.3, 0.4) is 0 Å². The average Bonchev–Trinajstić information content (AvgIpc) is 2.87. The maximum Gasteiger partial charge on any atom is 0.234 e. The lowest BCUT2D eigenvalue weighted by atomic mass is 10.1. The number of carbonyl (C=O) groups is 1. The number of benzene rings is 2. The van der Waals surface area contributed by atoms with Gasteiger partial charge in [-0.25, -0.2) is 4.99 Å². The van der Waals surface area contributed by atoms with Crippen molar-refractivity contribution >= 4 is 73.2 Å². The van der Waals surface area contributed by atoms with Gasteiger partial charge in [0, 0.05) is 25.8 Å². The molecule has 0 unspecified atom stereocenters. The molecule has 0 saturated carbocycles. The molecule has 0 aliphatic carbocycles. The van der Waals surface area contributed by atoms with Crippen LogP contribution < -0.4 is 5.32 Å². The molecule has 8 heteroatoms. The molecule has 0 spiro atoms. The first kappa shape index (κ1) is 20.4. The molecule has 0 radical (unpaired) electrons. The smallest absolute Gasteiger partial charge is 0.234 e. The van der Waals surface area contributed by atoms with E-state index in [1.165, 1.54) is 11.8 Å². The zero-order chi connectivity index (χ0) is 19.6. The molecular formula is C19H16BrCl2N3OS. The first-order chi connectivity index (χ1) is 12.7. The minimum Gasteiger partial charge on any atom is -0.325 e. The second-order valence-corrected chi connectivity index (χ2v) is 9.13. The first-order valence-corrected chi connectivity index (χ1v) is 10.6. The molecule has 1 aliphatic heterocycles. The molecule has 0 aromatic heterocycles. The highest BCUT2D eigenvalue weighted by atomic mass is 79.9. The van der Waals surface area contributed by atoms with Gasteiger partial charge < -0.3 is 5.32 Å². The third kappa shape index (κ3) is 5.57. The topological polar surface area (TPSA) is 53.8 Å². The predicted octanol–water partition coefficient (Wildman–Crippen LogP) is 6.07. The van der Waals surface area contributed by atoms with E-state index < -0.39 is 5.66 Å². The number of rotatable bonds is 4. The maximum atomic E-state index is 12.3. The molecule has 1 N–H and O–H groups in total. The number of hydrogen-bond donors (Lipinski definition) is 1. The van der Waals surface area contributed by atoms with E-state index in [0.29, 0.717) is 15.7 Å². The zero-order valence-corrected chi connectivity index (χ0v) is 18.5. The molecule has 0 bridgehead atoms. The highest BCUT2D eigenvalue weighted by Gasteiger charge is 2.28. The molecule has 3 rings (SSSR count). The molecule has 140 valence electrons. The van der Waals surface area contributed by atoms with Crippen LogP contribution >= 0.6 is 50.9 Å². The Labute approximate surface area is 180 Å². The van der Waals surface area contributed by atoms with E-state index in [1.807, 2.05) is 38.1 Å². The van der Waals surface area contributed by atoms with Gasteiger partial charge in [-0.05, 0) is 44.2 Å². The van der Waals surface area contributed by atoms with Crippen molar-refractivity contribution in [1.29, 1.82) is 0 Å². The Balaban J connectivity index is 1.69.